The molecule has 0 fully saturated rings. The lowest BCUT2D eigenvalue weighted by Gasteiger charge is -2.19. The maximum atomic E-state index is 2.24. The average molecular weight is 224 g/mol. The van der Waals surface area contributed by atoms with E-state index in [4.69, 9.17) is 0 Å². The van der Waals surface area contributed by atoms with Crippen LogP contribution in [-0.4, -0.2) is 8.80 Å². The Morgan fingerprint density at radius 2 is 1.06 bits per heavy atom. The molecule has 80 valence electrons. The second-order valence-corrected chi connectivity index (χ2v) is 7.01. The zero-order valence-electron chi connectivity index (χ0n) is 9.77. The fourth-order valence-corrected chi connectivity index (χ4v) is 4.49. The summed E-state index contributed by atoms with van der Waals surface area (Å²) in [6, 6.07) is 21.7. The summed E-state index contributed by atoms with van der Waals surface area (Å²) >= 11 is 0. The van der Waals surface area contributed by atoms with E-state index in [0.717, 1.165) is 0 Å². The van der Waals surface area contributed by atoms with Gasteiger partial charge in [-0.3, -0.25) is 0 Å². The van der Waals surface area contributed by atoms with Gasteiger partial charge in [0.25, 0.3) is 0 Å². The monoisotopic (exact) mass is 224 g/mol. The van der Waals surface area contributed by atoms with Crippen LogP contribution in [0.1, 0.15) is 13.8 Å². The van der Waals surface area contributed by atoms with Crippen molar-refractivity contribution >= 4 is 19.2 Å². The number of hydrogen-bond acceptors (Lipinski definition) is 0. The van der Waals surface area contributed by atoms with Crippen LogP contribution < -0.4 is 10.4 Å². The Balaban J connectivity index is 2.40. The van der Waals surface area contributed by atoms with Crippen LogP contribution in [0, 0.1) is 5.54 Å². The Labute approximate surface area is 99.6 Å². The lowest BCUT2D eigenvalue weighted by Crippen LogP contribution is -2.45. The number of hydrogen-bond donors (Lipinski definition) is 0. The van der Waals surface area contributed by atoms with Gasteiger partial charge in [0, 0.05) is 0 Å². The van der Waals surface area contributed by atoms with E-state index in [1.165, 1.54) is 15.9 Å². The van der Waals surface area contributed by atoms with Gasteiger partial charge in [-0.1, -0.05) is 84.9 Å². The first-order chi connectivity index (χ1) is 7.79. The van der Waals surface area contributed by atoms with Gasteiger partial charge in [0.05, 0.1) is 0 Å². The fourth-order valence-electron chi connectivity index (χ4n) is 1.95. The quantitative estimate of drug-likeness (QED) is 0.703. The Morgan fingerprint density at radius 3 is 1.38 bits per heavy atom. The lowest BCUT2D eigenvalue weighted by molar-refractivity contribution is 1.30. The van der Waals surface area contributed by atoms with Crippen molar-refractivity contribution < 1.29 is 0 Å². The largest absolute Gasteiger partial charge is 0.127 e. The molecule has 2 radical (unpaired) electrons. The molecule has 2 aromatic carbocycles. The summed E-state index contributed by atoms with van der Waals surface area (Å²) in [6.07, 6.45) is 0. The molecule has 0 atom stereocenters. The molecule has 0 aromatic heterocycles. The summed E-state index contributed by atoms with van der Waals surface area (Å²) in [4.78, 5) is 0. The first kappa shape index (κ1) is 11.2. The molecule has 0 aliphatic carbocycles. The topological polar surface area (TPSA) is 0 Å². The molecule has 0 heterocycles. The summed E-state index contributed by atoms with van der Waals surface area (Å²) in [5, 5.41) is 2.94. The molecule has 0 saturated heterocycles. The van der Waals surface area contributed by atoms with Gasteiger partial charge in [0.2, 0.25) is 0 Å². The highest BCUT2D eigenvalue weighted by Gasteiger charge is 2.20. The fraction of sp³-hybridized carbons (Fsp3) is 0.133. The molecule has 0 aliphatic heterocycles. The molecule has 2 aromatic rings. The van der Waals surface area contributed by atoms with Crippen molar-refractivity contribution in [2.24, 2.45) is 0 Å². The first-order valence-corrected chi connectivity index (χ1v) is 7.07. The third kappa shape index (κ3) is 2.42. The molecule has 0 unspecified atom stereocenters. The Kier molecular flexibility index (Phi) is 3.57. The van der Waals surface area contributed by atoms with Gasteiger partial charge in [-0.15, -0.1) is 0 Å². The van der Waals surface area contributed by atoms with E-state index in [-0.39, 0.29) is 0 Å². The molecule has 16 heavy (non-hydrogen) atoms. The number of benzene rings is 2. The predicted molar refractivity (Wildman–Crippen MR) is 72.5 cm³/mol. The highest BCUT2D eigenvalue weighted by molar-refractivity contribution is 6.89. The van der Waals surface area contributed by atoms with Crippen LogP contribution in [0.4, 0.5) is 0 Å². The van der Waals surface area contributed by atoms with Crippen molar-refractivity contribution in [1.29, 1.82) is 0 Å². The minimum absolute atomic E-state index is 0.700. The molecule has 1 heteroatoms. The minimum Gasteiger partial charge on any atom is -0.0628 e. The predicted octanol–water partition coefficient (Wildman–Crippen LogP) is 2.45. The van der Waals surface area contributed by atoms with Crippen LogP contribution in [0.3, 0.4) is 0 Å². The van der Waals surface area contributed by atoms with Crippen LogP contribution in [0.25, 0.3) is 0 Å². The van der Waals surface area contributed by atoms with Gasteiger partial charge >= 0.3 is 0 Å². The zero-order chi connectivity index (χ0) is 11.4. The molecular weight excluding hydrogens is 208 g/mol. The second kappa shape index (κ2) is 5.13. The SMILES string of the molecule is C[C](C)[Si](c1ccccc1)c1ccccc1. The highest BCUT2D eigenvalue weighted by Crippen LogP contribution is 2.04. The highest BCUT2D eigenvalue weighted by atomic mass is 28.3. The van der Waals surface area contributed by atoms with Crippen LogP contribution in [0.2, 0.25) is 0 Å². The molecule has 0 N–H and O–H groups in total. The van der Waals surface area contributed by atoms with E-state index in [1.807, 2.05) is 0 Å². The lowest BCUT2D eigenvalue weighted by atomic mass is 10.4. The summed E-state index contributed by atoms with van der Waals surface area (Å²) < 4.78 is 0. The molecule has 0 saturated carbocycles. The first-order valence-electron chi connectivity index (χ1n) is 5.57. The number of rotatable bonds is 3. The zero-order valence-corrected chi connectivity index (χ0v) is 10.8. The molecular formula is C15H16Si. The van der Waals surface area contributed by atoms with Crippen molar-refractivity contribution in [3.8, 4) is 0 Å². The average Bonchev–Trinajstić information content (AvgIpc) is 2.31. The van der Waals surface area contributed by atoms with Gasteiger partial charge in [0.15, 0.2) is 0 Å². The van der Waals surface area contributed by atoms with E-state index in [2.05, 4.69) is 74.5 Å². The van der Waals surface area contributed by atoms with E-state index >= 15 is 0 Å². The van der Waals surface area contributed by atoms with Crippen LogP contribution in [-0.2, 0) is 0 Å². The summed E-state index contributed by atoms with van der Waals surface area (Å²) in [6.45, 7) is 4.49. The van der Waals surface area contributed by atoms with E-state index in [9.17, 15) is 0 Å². The molecule has 2 rings (SSSR count). The van der Waals surface area contributed by atoms with Crippen molar-refractivity contribution in [1.82, 2.24) is 0 Å². The molecule has 0 nitrogen and oxygen atoms in total. The Morgan fingerprint density at radius 1 is 0.688 bits per heavy atom. The smallest absolute Gasteiger partial charge is 0.0628 e. The second-order valence-electron chi connectivity index (χ2n) is 4.11. The Bertz CT molecular complexity index is 380. The van der Waals surface area contributed by atoms with Gasteiger partial charge < -0.3 is 0 Å². The minimum atomic E-state index is -0.700. The third-order valence-corrected chi connectivity index (χ3v) is 5.45. The van der Waals surface area contributed by atoms with Gasteiger partial charge in [-0.2, -0.15) is 0 Å². The van der Waals surface area contributed by atoms with E-state index in [1.54, 1.807) is 0 Å². The molecule has 0 amide bonds. The normalized spacial score (nSPS) is 11.0. The van der Waals surface area contributed by atoms with Gasteiger partial charge in [0.1, 0.15) is 8.80 Å². The third-order valence-electron chi connectivity index (χ3n) is 2.62. The van der Waals surface area contributed by atoms with Crippen molar-refractivity contribution in [3.05, 3.63) is 66.2 Å². The van der Waals surface area contributed by atoms with Crippen LogP contribution in [0.15, 0.2) is 60.7 Å². The summed E-state index contributed by atoms with van der Waals surface area (Å²) in [5.41, 5.74) is 1.53. The maximum Gasteiger partial charge on any atom is 0.127 e. The van der Waals surface area contributed by atoms with E-state index < -0.39 is 8.80 Å². The van der Waals surface area contributed by atoms with Gasteiger partial charge in [-0.05, 0) is 5.54 Å². The van der Waals surface area contributed by atoms with Crippen LogP contribution >= 0.6 is 0 Å². The van der Waals surface area contributed by atoms with Crippen molar-refractivity contribution in [3.63, 3.8) is 0 Å². The standard InChI is InChI=1S/C15H16Si/c1-13(2)16(14-9-5-3-6-10-14)15-11-7-4-8-12-15/h3-12H,1-2H3. The summed E-state index contributed by atoms with van der Waals surface area (Å²) in [5.74, 6) is 0. The van der Waals surface area contributed by atoms with Crippen LogP contribution in [0.5, 0.6) is 0 Å². The van der Waals surface area contributed by atoms with Crippen molar-refractivity contribution in [2.75, 3.05) is 0 Å². The molecule has 0 bridgehead atoms. The Hall–Kier alpha value is -1.34. The summed E-state index contributed by atoms with van der Waals surface area (Å²) in [7, 11) is -0.700. The van der Waals surface area contributed by atoms with Crippen molar-refractivity contribution in [2.45, 2.75) is 13.8 Å². The molecule has 0 aliphatic rings. The van der Waals surface area contributed by atoms with Gasteiger partial charge in [-0.25, -0.2) is 0 Å². The molecule has 0 spiro atoms. The maximum absolute atomic E-state index is 2.24. The van der Waals surface area contributed by atoms with E-state index in [0.29, 0.717) is 0 Å².